The summed E-state index contributed by atoms with van der Waals surface area (Å²) in [4.78, 5) is 6.77. The van der Waals surface area contributed by atoms with Gasteiger partial charge in [0.2, 0.25) is 0 Å². The van der Waals surface area contributed by atoms with E-state index < -0.39 is 0 Å². The highest BCUT2D eigenvalue weighted by atomic mass is 32.1. The molecule has 2 N–H and O–H groups in total. The van der Waals surface area contributed by atoms with Crippen LogP contribution >= 0.6 is 11.3 Å². The Morgan fingerprint density at radius 2 is 2.10 bits per heavy atom. The summed E-state index contributed by atoms with van der Waals surface area (Å²) in [5.74, 6) is 0. The number of hydrogen-bond donors (Lipinski definition) is 1. The van der Waals surface area contributed by atoms with Crippen molar-refractivity contribution in [2.45, 2.75) is 46.2 Å². The molecule has 114 valence electrons. The Morgan fingerprint density at radius 1 is 1.33 bits per heavy atom. The summed E-state index contributed by atoms with van der Waals surface area (Å²) in [6.07, 6.45) is 1.97. The Balaban J connectivity index is 2.08. The first-order valence-electron chi connectivity index (χ1n) is 7.46. The first-order valence-corrected chi connectivity index (χ1v) is 8.34. The quantitative estimate of drug-likeness (QED) is 0.885. The number of anilines is 1. The largest absolute Gasteiger partial charge is 0.369 e. The molecule has 3 nitrogen and oxygen atoms in total. The lowest BCUT2D eigenvalue weighted by Gasteiger charge is -2.20. The van der Waals surface area contributed by atoms with Crippen LogP contribution < -0.4 is 10.6 Å². The summed E-state index contributed by atoms with van der Waals surface area (Å²) < 4.78 is 0. The van der Waals surface area contributed by atoms with E-state index in [1.54, 1.807) is 11.3 Å². The average molecular weight is 303 g/mol. The Hall–Kier alpha value is -1.39. The van der Waals surface area contributed by atoms with Crippen molar-refractivity contribution in [3.63, 3.8) is 0 Å². The minimum atomic E-state index is 0.255. The van der Waals surface area contributed by atoms with Crippen LogP contribution in [0.5, 0.6) is 0 Å². The lowest BCUT2D eigenvalue weighted by molar-refractivity contribution is 0.644. The maximum atomic E-state index is 6.06. The minimum Gasteiger partial charge on any atom is -0.369 e. The molecule has 1 aromatic carbocycles. The molecule has 1 heterocycles. The molecule has 1 aromatic heterocycles. The van der Waals surface area contributed by atoms with E-state index in [2.05, 4.69) is 54.4 Å². The van der Waals surface area contributed by atoms with Gasteiger partial charge >= 0.3 is 0 Å². The van der Waals surface area contributed by atoms with Gasteiger partial charge in [0.25, 0.3) is 0 Å². The molecular formula is C17H25N3S. The number of nitrogens with two attached hydrogens (primary N) is 1. The van der Waals surface area contributed by atoms with Gasteiger partial charge in [-0.25, -0.2) is 4.98 Å². The molecule has 21 heavy (non-hydrogen) atoms. The van der Waals surface area contributed by atoms with E-state index >= 15 is 0 Å². The first kappa shape index (κ1) is 16.0. The molecule has 0 spiro atoms. The van der Waals surface area contributed by atoms with Crippen molar-refractivity contribution >= 4 is 17.0 Å². The highest BCUT2D eigenvalue weighted by Crippen LogP contribution is 2.21. The second-order valence-electron chi connectivity index (χ2n) is 5.70. The Kier molecular flexibility index (Phi) is 5.37. The van der Waals surface area contributed by atoms with Gasteiger partial charge in [0.15, 0.2) is 0 Å². The molecule has 0 amide bonds. The van der Waals surface area contributed by atoms with Crippen LogP contribution in [-0.4, -0.2) is 18.1 Å². The zero-order valence-corrected chi connectivity index (χ0v) is 14.2. The van der Waals surface area contributed by atoms with Crippen molar-refractivity contribution in [3.05, 3.63) is 45.4 Å². The van der Waals surface area contributed by atoms with E-state index in [1.165, 1.54) is 16.8 Å². The number of aryl methyl sites for hydroxylation is 2. The SMILES string of the molecule is CCC(N)Cc1ccc(N(C)Cc2csc(C)n2)cc1C. The number of aromatic nitrogens is 1. The normalized spacial score (nSPS) is 12.4. The fraction of sp³-hybridized carbons (Fsp3) is 0.471. The average Bonchev–Trinajstić information content (AvgIpc) is 2.86. The van der Waals surface area contributed by atoms with Crippen LogP contribution in [0.1, 0.15) is 35.2 Å². The molecule has 0 aliphatic rings. The van der Waals surface area contributed by atoms with Gasteiger partial charge in [0.05, 0.1) is 17.2 Å². The smallest absolute Gasteiger partial charge is 0.0898 e. The minimum absolute atomic E-state index is 0.255. The highest BCUT2D eigenvalue weighted by Gasteiger charge is 2.09. The number of thiazole rings is 1. The summed E-state index contributed by atoms with van der Waals surface area (Å²) in [6, 6.07) is 6.90. The van der Waals surface area contributed by atoms with E-state index in [0.29, 0.717) is 0 Å². The lowest BCUT2D eigenvalue weighted by atomic mass is 9.99. The van der Waals surface area contributed by atoms with Crippen LogP contribution in [0.25, 0.3) is 0 Å². The summed E-state index contributed by atoms with van der Waals surface area (Å²) in [5, 5.41) is 3.26. The van der Waals surface area contributed by atoms with Crippen molar-refractivity contribution in [2.75, 3.05) is 11.9 Å². The van der Waals surface area contributed by atoms with Crippen molar-refractivity contribution in [3.8, 4) is 0 Å². The summed E-state index contributed by atoms with van der Waals surface area (Å²) >= 11 is 1.70. The summed E-state index contributed by atoms with van der Waals surface area (Å²) in [6.45, 7) is 7.20. The Bertz CT molecular complexity index is 591. The van der Waals surface area contributed by atoms with E-state index in [-0.39, 0.29) is 6.04 Å². The molecule has 0 bridgehead atoms. The summed E-state index contributed by atoms with van der Waals surface area (Å²) in [7, 11) is 2.11. The molecule has 0 aliphatic carbocycles. The summed E-state index contributed by atoms with van der Waals surface area (Å²) in [5.41, 5.74) is 11.1. The molecule has 1 unspecified atom stereocenters. The van der Waals surface area contributed by atoms with Crippen LogP contribution in [0, 0.1) is 13.8 Å². The van der Waals surface area contributed by atoms with Gasteiger partial charge in [-0.3, -0.25) is 0 Å². The maximum Gasteiger partial charge on any atom is 0.0898 e. The topological polar surface area (TPSA) is 42.1 Å². The third-order valence-corrected chi connectivity index (χ3v) is 4.66. The van der Waals surface area contributed by atoms with Crippen molar-refractivity contribution < 1.29 is 0 Å². The standard InChI is InChI=1S/C17H25N3S/c1-5-15(18)9-14-6-7-17(8-12(14)2)20(4)10-16-11-21-13(3)19-16/h6-8,11,15H,5,9-10,18H2,1-4H3. The van der Waals surface area contributed by atoms with Gasteiger partial charge in [-0.05, 0) is 49.9 Å². The third kappa shape index (κ3) is 4.29. The second kappa shape index (κ2) is 7.05. The predicted octanol–water partition coefficient (Wildman–Crippen LogP) is 3.68. The number of hydrogen-bond acceptors (Lipinski definition) is 4. The molecule has 0 saturated carbocycles. The zero-order chi connectivity index (χ0) is 15.4. The molecule has 0 fully saturated rings. The maximum absolute atomic E-state index is 6.06. The van der Waals surface area contributed by atoms with Crippen LogP contribution in [0.4, 0.5) is 5.69 Å². The molecule has 2 rings (SSSR count). The second-order valence-corrected chi connectivity index (χ2v) is 6.76. The molecule has 0 radical (unpaired) electrons. The van der Waals surface area contributed by atoms with Gasteiger partial charge in [0, 0.05) is 24.2 Å². The van der Waals surface area contributed by atoms with Gasteiger partial charge in [0.1, 0.15) is 0 Å². The predicted molar refractivity (Wildman–Crippen MR) is 92.1 cm³/mol. The molecule has 0 aliphatic heterocycles. The first-order chi connectivity index (χ1) is 9.99. The van der Waals surface area contributed by atoms with Gasteiger partial charge in [-0.15, -0.1) is 11.3 Å². The van der Waals surface area contributed by atoms with E-state index in [9.17, 15) is 0 Å². The van der Waals surface area contributed by atoms with Crippen LogP contribution in [0.15, 0.2) is 23.6 Å². The number of rotatable bonds is 6. The monoisotopic (exact) mass is 303 g/mol. The van der Waals surface area contributed by atoms with E-state index in [1.807, 2.05) is 6.92 Å². The Labute approximate surface area is 131 Å². The van der Waals surface area contributed by atoms with Gasteiger partial charge < -0.3 is 10.6 Å². The van der Waals surface area contributed by atoms with Crippen LogP contribution in [-0.2, 0) is 13.0 Å². The third-order valence-electron chi connectivity index (χ3n) is 3.84. The van der Waals surface area contributed by atoms with Crippen molar-refractivity contribution in [1.82, 2.24) is 4.98 Å². The zero-order valence-electron chi connectivity index (χ0n) is 13.4. The van der Waals surface area contributed by atoms with Gasteiger partial charge in [-0.1, -0.05) is 13.0 Å². The molecular weight excluding hydrogens is 278 g/mol. The van der Waals surface area contributed by atoms with Crippen LogP contribution in [0.3, 0.4) is 0 Å². The van der Waals surface area contributed by atoms with Crippen molar-refractivity contribution in [1.29, 1.82) is 0 Å². The van der Waals surface area contributed by atoms with E-state index in [0.717, 1.165) is 30.1 Å². The highest BCUT2D eigenvalue weighted by molar-refractivity contribution is 7.09. The Morgan fingerprint density at radius 3 is 2.67 bits per heavy atom. The molecule has 2 aromatic rings. The number of nitrogens with zero attached hydrogens (tertiary/aromatic N) is 2. The van der Waals surface area contributed by atoms with E-state index in [4.69, 9.17) is 5.73 Å². The molecule has 4 heteroatoms. The lowest BCUT2D eigenvalue weighted by Crippen LogP contribution is -2.22. The van der Waals surface area contributed by atoms with Crippen molar-refractivity contribution in [2.24, 2.45) is 5.73 Å². The number of benzene rings is 1. The fourth-order valence-corrected chi connectivity index (χ4v) is 2.99. The molecule has 0 saturated heterocycles. The van der Waals surface area contributed by atoms with Gasteiger partial charge in [-0.2, -0.15) is 0 Å². The van der Waals surface area contributed by atoms with Crippen LogP contribution in [0.2, 0.25) is 0 Å². The fourth-order valence-electron chi connectivity index (χ4n) is 2.39. The molecule has 1 atom stereocenters.